The molecule has 0 spiro atoms. The van der Waals surface area contributed by atoms with E-state index in [1.54, 1.807) is 0 Å². The van der Waals surface area contributed by atoms with Crippen LogP contribution in [0.3, 0.4) is 0 Å². The van der Waals surface area contributed by atoms with Crippen LogP contribution in [0.1, 0.15) is 24.6 Å². The Kier molecular flexibility index (Phi) is 5.82. The summed E-state index contributed by atoms with van der Waals surface area (Å²) in [7, 11) is 0. The first-order chi connectivity index (χ1) is 12.9. The molecule has 27 heavy (non-hydrogen) atoms. The number of amides is 1. The van der Waals surface area contributed by atoms with E-state index in [0.717, 1.165) is 32.6 Å². The Morgan fingerprint density at radius 1 is 1.22 bits per heavy atom. The molecule has 0 aliphatic carbocycles. The molecule has 0 saturated carbocycles. The van der Waals surface area contributed by atoms with Crippen molar-refractivity contribution in [2.75, 3.05) is 10.6 Å². The summed E-state index contributed by atoms with van der Waals surface area (Å²) in [4.78, 5) is 31.8. The topological polar surface area (TPSA) is 104 Å². The van der Waals surface area contributed by atoms with Gasteiger partial charge in [0.25, 0.3) is 0 Å². The fourth-order valence-corrected chi connectivity index (χ4v) is 4.22. The first-order valence-electron chi connectivity index (χ1n) is 8.19. The predicted octanol–water partition coefficient (Wildman–Crippen LogP) is 4.29. The van der Waals surface area contributed by atoms with E-state index in [1.807, 2.05) is 36.6 Å². The van der Waals surface area contributed by atoms with Crippen LogP contribution in [-0.4, -0.2) is 27.0 Å². The van der Waals surface area contributed by atoms with Crippen molar-refractivity contribution < 1.29 is 14.7 Å². The summed E-state index contributed by atoms with van der Waals surface area (Å²) >= 11 is 2.86. The molecule has 0 aliphatic heterocycles. The van der Waals surface area contributed by atoms with Crippen LogP contribution in [0.15, 0.2) is 29.6 Å². The number of thiazole rings is 2. The van der Waals surface area contributed by atoms with Gasteiger partial charge in [-0.3, -0.25) is 9.59 Å². The average Bonchev–Trinajstić information content (AvgIpc) is 3.19. The number of carbonyl (C=O) groups is 2. The molecule has 3 N–H and O–H groups in total. The summed E-state index contributed by atoms with van der Waals surface area (Å²) in [6.45, 7) is 3.33. The summed E-state index contributed by atoms with van der Waals surface area (Å²) in [6.07, 6.45) is 0.589. The molecule has 2 aromatic heterocycles. The molecule has 3 rings (SSSR count). The Bertz CT molecular complexity index is 981. The van der Waals surface area contributed by atoms with Gasteiger partial charge in [-0.05, 0) is 31.0 Å². The lowest BCUT2D eigenvalue weighted by molar-refractivity contribution is -0.137. The van der Waals surface area contributed by atoms with Crippen LogP contribution in [0.25, 0.3) is 10.6 Å². The number of nitrogens with one attached hydrogen (secondary N) is 2. The van der Waals surface area contributed by atoms with Crippen LogP contribution in [0.2, 0.25) is 0 Å². The maximum absolute atomic E-state index is 11.2. The number of anilines is 3. The minimum absolute atomic E-state index is 0.103. The Morgan fingerprint density at radius 2 is 2.04 bits per heavy atom. The number of carbonyl (C=O) groups excluding carboxylic acids is 1. The summed E-state index contributed by atoms with van der Waals surface area (Å²) in [5, 5.41) is 18.0. The van der Waals surface area contributed by atoms with Crippen LogP contribution in [0.4, 0.5) is 16.0 Å². The molecule has 0 radical (unpaired) electrons. The summed E-state index contributed by atoms with van der Waals surface area (Å²) in [6, 6.07) is 7.64. The van der Waals surface area contributed by atoms with E-state index in [9.17, 15) is 9.59 Å². The van der Waals surface area contributed by atoms with Gasteiger partial charge in [-0.1, -0.05) is 23.5 Å². The largest absolute Gasteiger partial charge is 0.481 e. The second-order valence-electron chi connectivity index (χ2n) is 5.87. The molecule has 0 aliphatic rings. The SMILES string of the molecule is CC(=O)Nc1nc(C)c(-c2csc(Nc3cccc(CCC(=O)O)c3)n2)s1. The Hall–Kier alpha value is -2.78. The second kappa shape index (κ2) is 8.28. The van der Waals surface area contributed by atoms with E-state index in [0.29, 0.717) is 11.6 Å². The van der Waals surface area contributed by atoms with Gasteiger partial charge in [0, 0.05) is 24.4 Å². The number of aryl methyl sites for hydroxylation is 2. The van der Waals surface area contributed by atoms with Crippen molar-refractivity contribution in [3.05, 3.63) is 40.9 Å². The highest BCUT2D eigenvalue weighted by Crippen LogP contribution is 2.35. The molecule has 1 aromatic carbocycles. The van der Waals surface area contributed by atoms with E-state index in [1.165, 1.54) is 29.6 Å². The lowest BCUT2D eigenvalue weighted by Crippen LogP contribution is -2.04. The summed E-state index contributed by atoms with van der Waals surface area (Å²) in [5.74, 6) is -0.963. The highest BCUT2D eigenvalue weighted by atomic mass is 32.1. The number of aliphatic carboxylic acids is 1. The third-order valence-electron chi connectivity index (χ3n) is 3.62. The van der Waals surface area contributed by atoms with Crippen LogP contribution in [0.5, 0.6) is 0 Å². The number of benzene rings is 1. The quantitative estimate of drug-likeness (QED) is 0.544. The normalized spacial score (nSPS) is 10.6. The number of carboxylic acids is 1. The van der Waals surface area contributed by atoms with Crippen LogP contribution in [0, 0.1) is 6.92 Å². The van der Waals surface area contributed by atoms with Gasteiger partial charge in [-0.15, -0.1) is 11.3 Å². The van der Waals surface area contributed by atoms with Crippen molar-refractivity contribution in [2.24, 2.45) is 0 Å². The molecule has 7 nitrogen and oxygen atoms in total. The number of hydrogen-bond acceptors (Lipinski definition) is 7. The van der Waals surface area contributed by atoms with Gasteiger partial charge >= 0.3 is 5.97 Å². The minimum atomic E-state index is -0.809. The molecule has 0 bridgehead atoms. The van der Waals surface area contributed by atoms with Gasteiger partial charge in [-0.2, -0.15) is 0 Å². The van der Waals surface area contributed by atoms with Crippen molar-refractivity contribution in [1.82, 2.24) is 9.97 Å². The van der Waals surface area contributed by atoms with Gasteiger partial charge in [0.2, 0.25) is 5.91 Å². The second-order valence-corrected chi connectivity index (χ2v) is 7.73. The molecular formula is C18H18N4O3S2. The zero-order valence-electron chi connectivity index (χ0n) is 14.8. The highest BCUT2D eigenvalue weighted by Gasteiger charge is 2.14. The zero-order chi connectivity index (χ0) is 19.4. The molecule has 0 atom stereocenters. The minimum Gasteiger partial charge on any atom is -0.481 e. The third-order valence-corrected chi connectivity index (χ3v) is 5.48. The number of nitrogens with zero attached hydrogens (tertiary/aromatic N) is 2. The predicted molar refractivity (Wildman–Crippen MR) is 108 cm³/mol. The Labute approximate surface area is 164 Å². The lowest BCUT2D eigenvalue weighted by atomic mass is 10.1. The van der Waals surface area contributed by atoms with E-state index in [-0.39, 0.29) is 12.3 Å². The number of carboxylic acid groups (broad SMARTS) is 1. The van der Waals surface area contributed by atoms with E-state index in [2.05, 4.69) is 20.6 Å². The first-order valence-corrected chi connectivity index (χ1v) is 9.89. The van der Waals surface area contributed by atoms with E-state index < -0.39 is 5.97 Å². The van der Waals surface area contributed by atoms with E-state index in [4.69, 9.17) is 5.11 Å². The average molecular weight is 403 g/mol. The fraction of sp³-hybridized carbons (Fsp3) is 0.222. The van der Waals surface area contributed by atoms with Crippen molar-refractivity contribution in [3.63, 3.8) is 0 Å². The molecule has 2 heterocycles. The van der Waals surface area contributed by atoms with Gasteiger partial charge in [-0.25, -0.2) is 9.97 Å². The first kappa shape index (κ1) is 19.0. The van der Waals surface area contributed by atoms with Crippen molar-refractivity contribution in [1.29, 1.82) is 0 Å². The monoisotopic (exact) mass is 402 g/mol. The van der Waals surface area contributed by atoms with Crippen LogP contribution >= 0.6 is 22.7 Å². The molecule has 9 heteroatoms. The number of hydrogen-bond donors (Lipinski definition) is 3. The van der Waals surface area contributed by atoms with Gasteiger partial charge in [0.05, 0.1) is 16.3 Å². The molecule has 3 aromatic rings. The Balaban J connectivity index is 1.73. The summed E-state index contributed by atoms with van der Waals surface area (Å²) < 4.78 is 0. The van der Waals surface area contributed by atoms with Crippen molar-refractivity contribution >= 4 is 50.5 Å². The van der Waals surface area contributed by atoms with Crippen molar-refractivity contribution in [3.8, 4) is 10.6 Å². The number of rotatable bonds is 7. The van der Waals surface area contributed by atoms with Gasteiger partial charge < -0.3 is 15.7 Å². The van der Waals surface area contributed by atoms with Crippen molar-refractivity contribution in [2.45, 2.75) is 26.7 Å². The molecule has 0 unspecified atom stereocenters. The summed E-state index contributed by atoms with van der Waals surface area (Å²) in [5.41, 5.74) is 3.43. The van der Waals surface area contributed by atoms with Crippen LogP contribution < -0.4 is 10.6 Å². The molecule has 0 saturated heterocycles. The standard InChI is InChI=1S/C18H18N4O3S2/c1-10-16(27-18(19-10)20-11(2)23)14-9-26-17(22-14)21-13-5-3-4-12(8-13)6-7-15(24)25/h3-5,8-9H,6-7H2,1-2H3,(H,21,22)(H,24,25)(H,19,20,23). The maximum Gasteiger partial charge on any atom is 0.303 e. The lowest BCUT2D eigenvalue weighted by Gasteiger charge is -2.05. The smallest absolute Gasteiger partial charge is 0.303 e. The van der Waals surface area contributed by atoms with E-state index >= 15 is 0 Å². The third kappa shape index (κ3) is 5.11. The maximum atomic E-state index is 11.2. The zero-order valence-corrected chi connectivity index (χ0v) is 16.4. The van der Waals surface area contributed by atoms with Gasteiger partial charge in [0.15, 0.2) is 10.3 Å². The highest BCUT2D eigenvalue weighted by molar-refractivity contribution is 7.20. The molecular weight excluding hydrogens is 384 g/mol. The van der Waals surface area contributed by atoms with Crippen LogP contribution in [-0.2, 0) is 16.0 Å². The molecule has 1 amide bonds. The number of aromatic nitrogens is 2. The fourth-order valence-electron chi connectivity index (χ4n) is 2.45. The van der Waals surface area contributed by atoms with Gasteiger partial charge in [0.1, 0.15) is 0 Å². The molecule has 140 valence electrons. The Morgan fingerprint density at radius 3 is 2.78 bits per heavy atom. The molecule has 0 fully saturated rings.